The predicted molar refractivity (Wildman–Crippen MR) is 69.5 cm³/mol. The average molecular weight is 219 g/mol. The molecule has 0 saturated carbocycles. The molecule has 1 atom stereocenters. The molecule has 0 bridgehead atoms. The Morgan fingerprint density at radius 2 is 2.00 bits per heavy atom. The van der Waals surface area contributed by atoms with Gasteiger partial charge in [-0.25, -0.2) is 9.66 Å². The van der Waals surface area contributed by atoms with Gasteiger partial charge in [0.2, 0.25) is 0 Å². The number of rotatable bonds is 1. The molecule has 0 aliphatic carbocycles. The van der Waals surface area contributed by atoms with Crippen LogP contribution in [-0.2, 0) is 0 Å². The van der Waals surface area contributed by atoms with Crippen LogP contribution in [0.3, 0.4) is 0 Å². The first-order valence-corrected chi connectivity index (χ1v) is 5.93. The number of nitrogens with zero attached hydrogens (tertiary/aromatic N) is 3. The average Bonchev–Trinajstić information content (AvgIpc) is 2.67. The molecule has 1 aliphatic heterocycles. The van der Waals surface area contributed by atoms with Gasteiger partial charge in [-0.3, -0.25) is 0 Å². The smallest absolute Gasteiger partial charge is 0.153 e. The number of imidazole rings is 1. The zero-order valence-electron chi connectivity index (χ0n) is 10.6. The molecule has 0 spiro atoms. The van der Waals surface area contributed by atoms with Gasteiger partial charge in [-0.2, -0.15) is 5.10 Å². The summed E-state index contributed by atoms with van der Waals surface area (Å²) in [6, 6.07) is 0. The van der Waals surface area contributed by atoms with Crippen LogP contribution in [0, 0.1) is 5.41 Å². The first kappa shape index (κ1) is 12.7. The third kappa shape index (κ3) is 3.05. The monoisotopic (exact) mass is 219 g/mol. The number of fused-ring (bicyclic) bond motifs is 1. The third-order valence-corrected chi connectivity index (χ3v) is 2.50. The first-order chi connectivity index (χ1) is 7.65. The molecule has 88 valence electrons. The second kappa shape index (κ2) is 5.64. The van der Waals surface area contributed by atoms with Gasteiger partial charge in [-0.1, -0.05) is 40.2 Å². The lowest BCUT2D eigenvalue weighted by atomic mass is 9.89. The molecule has 0 fully saturated rings. The summed E-state index contributed by atoms with van der Waals surface area (Å²) in [6.07, 6.45) is 12.1. The van der Waals surface area contributed by atoms with Gasteiger partial charge < -0.3 is 0 Å². The van der Waals surface area contributed by atoms with E-state index in [1.54, 1.807) is 10.9 Å². The SMILES string of the molecule is CCC.CCC1(C)C=Cc2nccn2N=C1. The molecule has 16 heavy (non-hydrogen) atoms. The van der Waals surface area contributed by atoms with Crippen LogP contribution in [0.2, 0.25) is 0 Å². The molecule has 0 saturated heterocycles. The highest BCUT2D eigenvalue weighted by Crippen LogP contribution is 2.23. The van der Waals surface area contributed by atoms with Crippen molar-refractivity contribution in [1.82, 2.24) is 9.66 Å². The van der Waals surface area contributed by atoms with Crippen LogP contribution in [-0.4, -0.2) is 15.9 Å². The van der Waals surface area contributed by atoms with Crippen molar-refractivity contribution in [2.24, 2.45) is 10.5 Å². The summed E-state index contributed by atoms with van der Waals surface area (Å²) in [5.74, 6) is 0.897. The van der Waals surface area contributed by atoms with Gasteiger partial charge in [-0.05, 0) is 12.5 Å². The summed E-state index contributed by atoms with van der Waals surface area (Å²) in [6.45, 7) is 8.57. The summed E-state index contributed by atoms with van der Waals surface area (Å²) in [4.78, 5) is 4.18. The Hall–Kier alpha value is -1.38. The fourth-order valence-electron chi connectivity index (χ4n) is 1.24. The van der Waals surface area contributed by atoms with E-state index in [-0.39, 0.29) is 5.41 Å². The van der Waals surface area contributed by atoms with E-state index >= 15 is 0 Å². The van der Waals surface area contributed by atoms with Crippen LogP contribution in [0.5, 0.6) is 0 Å². The Balaban J connectivity index is 0.000000386. The normalized spacial score (nSPS) is 22.0. The summed E-state index contributed by atoms with van der Waals surface area (Å²) in [5, 5.41) is 4.34. The number of hydrogen-bond acceptors (Lipinski definition) is 2. The highest BCUT2D eigenvalue weighted by molar-refractivity contribution is 5.71. The molecular weight excluding hydrogens is 198 g/mol. The highest BCUT2D eigenvalue weighted by Gasteiger charge is 2.17. The minimum Gasteiger partial charge on any atom is -0.236 e. The summed E-state index contributed by atoms with van der Waals surface area (Å²) in [7, 11) is 0. The van der Waals surface area contributed by atoms with Gasteiger partial charge in [0.25, 0.3) is 0 Å². The van der Waals surface area contributed by atoms with Crippen LogP contribution < -0.4 is 0 Å². The van der Waals surface area contributed by atoms with E-state index in [9.17, 15) is 0 Å². The molecule has 2 heterocycles. The Bertz CT molecular complexity index is 346. The van der Waals surface area contributed by atoms with Crippen molar-refractivity contribution in [3.8, 4) is 0 Å². The summed E-state index contributed by atoms with van der Waals surface area (Å²) >= 11 is 0. The lowest BCUT2D eigenvalue weighted by molar-refractivity contribution is 0.586. The molecule has 0 aromatic carbocycles. The van der Waals surface area contributed by atoms with E-state index in [2.05, 4.69) is 43.9 Å². The van der Waals surface area contributed by atoms with Crippen molar-refractivity contribution in [3.63, 3.8) is 0 Å². The zero-order valence-corrected chi connectivity index (χ0v) is 10.6. The molecule has 1 aliphatic rings. The second-order valence-electron chi connectivity index (χ2n) is 4.27. The van der Waals surface area contributed by atoms with E-state index in [1.807, 2.05) is 18.5 Å². The van der Waals surface area contributed by atoms with Gasteiger partial charge in [0.1, 0.15) is 0 Å². The molecule has 1 aromatic heterocycles. The Morgan fingerprint density at radius 1 is 1.31 bits per heavy atom. The van der Waals surface area contributed by atoms with Crippen molar-refractivity contribution >= 4 is 12.3 Å². The quantitative estimate of drug-likeness (QED) is 0.710. The molecule has 1 aromatic rings. The van der Waals surface area contributed by atoms with E-state index in [0.29, 0.717) is 0 Å². The maximum atomic E-state index is 4.34. The maximum Gasteiger partial charge on any atom is 0.153 e. The molecule has 0 amide bonds. The van der Waals surface area contributed by atoms with Gasteiger partial charge in [0, 0.05) is 24.0 Å². The van der Waals surface area contributed by atoms with Crippen LogP contribution in [0.1, 0.15) is 46.4 Å². The van der Waals surface area contributed by atoms with Gasteiger partial charge in [-0.15, -0.1) is 0 Å². The largest absolute Gasteiger partial charge is 0.236 e. The van der Waals surface area contributed by atoms with E-state index < -0.39 is 0 Å². The Morgan fingerprint density at radius 3 is 2.62 bits per heavy atom. The lowest BCUT2D eigenvalue weighted by Crippen LogP contribution is -2.12. The summed E-state index contributed by atoms with van der Waals surface area (Å²) in [5.41, 5.74) is 0.0701. The lowest BCUT2D eigenvalue weighted by Gasteiger charge is -2.15. The molecular formula is C13H21N3. The zero-order chi connectivity index (χ0) is 12.0. The topological polar surface area (TPSA) is 30.2 Å². The molecule has 2 rings (SSSR count). The van der Waals surface area contributed by atoms with Crippen LogP contribution in [0.15, 0.2) is 23.6 Å². The molecule has 0 radical (unpaired) electrons. The van der Waals surface area contributed by atoms with Crippen molar-refractivity contribution in [1.29, 1.82) is 0 Å². The Kier molecular flexibility index (Phi) is 4.47. The number of hydrogen-bond donors (Lipinski definition) is 0. The van der Waals surface area contributed by atoms with Crippen molar-refractivity contribution in [3.05, 3.63) is 24.3 Å². The molecule has 0 N–H and O–H groups in total. The fourth-order valence-corrected chi connectivity index (χ4v) is 1.24. The van der Waals surface area contributed by atoms with Crippen LogP contribution in [0.4, 0.5) is 0 Å². The second-order valence-corrected chi connectivity index (χ2v) is 4.27. The minimum atomic E-state index is 0.0701. The van der Waals surface area contributed by atoms with Crippen LogP contribution >= 0.6 is 0 Å². The van der Waals surface area contributed by atoms with E-state index in [4.69, 9.17) is 0 Å². The van der Waals surface area contributed by atoms with E-state index in [1.165, 1.54) is 6.42 Å². The van der Waals surface area contributed by atoms with Gasteiger partial charge in [0.05, 0.1) is 0 Å². The molecule has 3 nitrogen and oxygen atoms in total. The fraction of sp³-hybridized carbons (Fsp3) is 0.538. The Labute approximate surface area is 97.9 Å². The predicted octanol–water partition coefficient (Wildman–Crippen LogP) is 3.58. The van der Waals surface area contributed by atoms with Gasteiger partial charge >= 0.3 is 0 Å². The highest BCUT2D eigenvalue weighted by atomic mass is 15.4. The molecule has 3 heteroatoms. The van der Waals surface area contributed by atoms with Crippen molar-refractivity contribution < 1.29 is 0 Å². The van der Waals surface area contributed by atoms with Crippen LogP contribution in [0.25, 0.3) is 6.08 Å². The number of allylic oxidation sites excluding steroid dienone is 1. The van der Waals surface area contributed by atoms with Crippen molar-refractivity contribution in [2.45, 2.75) is 40.5 Å². The molecule has 1 unspecified atom stereocenters. The standard InChI is InChI=1S/C10H13N3.C3H8/c1-3-10(2)5-4-9-11-6-7-13(9)12-8-10;1-3-2/h4-8H,3H2,1-2H3;3H2,1-2H3. The maximum absolute atomic E-state index is 4.34. The third-order valence-electron chi connectivity index (χ3n) is 2.50. The number of aromatic nitrogens is 2. The van der Waals surface area contributed by atoms with Crippen molar-refractivity contribution in [2.75, 3.05) is 0 Å². The summed E-state index contributed by atoms with van der Waals surface area (Å²) < 4.78 is 1.79. The van der Waals surface area contributed by atoms with E-state index in [0.717, 1.165) is 12.2 Å². The minimum absolute atomic E-state index is 0.0701. The van der Waals surface area contributed by atoms with Gasteiger partial charge in [0.15, 0.2) is 5.82 Å². The first-order valence-electron chi connectivity index (χ1n) is 5.93.